The molecule has 3 fully saturated rings. The lowest BCUT2D eigenvalue weighted by atomic mass is 9.93. The number of aliphatic hydroxyl groups excluding tert-OH is 13. The minimum Gasteiger partial charge on any atom is -0.497 e. The average molecular weight is 1360 g/mol. The van der Waals surface area contributed by atoms with Crippen molar-refractivity contribution in [1.82, 2.24) is 31.5 Å². The number of carbonyl (C=O) groups is 5. The number of aliphatic hydroxyl groups is 13. The fourth-order valence-electron chi connectivity index (χ4n) is 11.5. The van der Waals surface area contributed by atoms with Crippen molar-refractivity contribution in [3.8, 4) is 11.5 Å². The molecular formula is C60H85N11O25. The summed E-state index contributed by atoms with van der Waals surface area (Å²) in [6, 6.07) is 9.10. The zero-order valence-corrected chi connectivity index (χ0v) is 52.0. The van der Waals surface area contributed by atoms with Crippen LogP contribution in [-0.2, 0) is 60.7 Å². The lowest BCUT2D eigenvalue weighted by molar-refractivity contribution is -0.353. The Morgan fingerprint density at radius 2 is 1.26 bits per heavy atom. The Bertz CT molecular complexity index is 3110. The van der Waals surface area contributed by atoms with E-state index in [9.17, 15) is 90.4 Å². The highest BCUT2D eigenvalue weighted by Crippen LogP contribution is 2.33. The van der Waals surface area contributed by atoms with Crippen LogP contribution in [0.15, 0.2) is 88.8 Å². The summed E-state index contributed by atoms with van der Waals surface area (Å²) < 4.78 is 40.0. The molecule has 0 aliphatic carbocycles. The summed E-state index contributed by atoms with van der Waals surface area (Å²) in [7, 11) is 1.51. The van der Waals surface area contributed by atoms with Gasteiger partial charge in [0.05, 0.1) is 71.4 Å². The molecule has 3 aromatic rings. The summed E-state index contributed by atoms with van der Waals surface area (Å²) in [5.41, 5.74) is 20.2. The predicted molar refractivity (Wildman–Crippen MR) is 328 cm³/mol. The highest BCUT2D eigenvalue weighted by Gasteiger charge is 2.54. The molecule has 36 nitrogen and oxygen atoms in total. The molecule has 24 N–H and O–H groups in total. The molecule has 4 amide bonds. The van der Waals surface area contributed by atoms with E-state index in [2.05, 4.69) is 36.6 Å². The van der Waals surface area contributed by atoms with E-state index in [-0.39, 0.29) is 43.3 Å². The molecule has 5 heterocycles. The van der Waals surface area contributed by atoms with Crippen molar-refractivity contribution in [1.29, 1.82) is 0 Å². The van der Waals surface area contributed by atoms with Gasteiger partial charge in [0.25, 0.3) is 0 Å². The maximum atomic E-state index is 15.0. The Hall–Kier alpha value is -7.41. The minimum atomic E-state index is -2.26. The Balaban J connectivity index is 1.01. The van der Waals surface area contributed by atoms with Crippen LogP contribution in [0.1, 0.15) is 29.5 Å². The first-order valence-electron chi connectivity index (χ1n) is 30.7. The average Bonchev–Trinajstić information content (AvgIpc) is 1.47. The van der Waals surface area contributed by atoms with Crippen molar-refractivity contribution in [2.24, 2.45) is 27.2 Å². The van der Waals surface area contributed by atoms with E-state index in [1.165, 1.54) is 31.4 Å². The number of methoxy groups -OCH3 is 1. The van der Waals surface area contributed by atoms with Gasteiger partial charge in [0.15, 0.2) is 24.4 Å². The summed E-state index contributed by atoms with van der Waals surface area (Å²) in [5, 5.41) is 154. The zero-order valence-electron chi connectivity index (χ0n) is 52.0. The highest BCUT2D eigenvalue weighted by molar-refractivity contribution is 5.96. The number of carbonyl (C=O) groups excluding carboxylic acids is 5. The molecule has 0 aromatic heterocycles. The first-order valence-corrected chi connectivity index (χ1v) is 30.7. The topological polar surface area (TPSA) is 579 Å². The maximum absolute atomic E-state index is 15.0. The molecule has 8 rings (SSSR count). The van der Waals surface area contributed by atoms with Crippen molar-refractivity contribution in [2.45, 2.75) is 172 Å². The van der Waals surface area contributed by atoms with Crippen LogP contribution in [0.5, 0.6) is 11.5 Å². The molecule has 25 atom stereocenters. The summed E-state index contributed by atoms with van der Waals surface area (Å²) >= 11 is 0. The first kappa shape index (κ1) is 74.4. The lowest BCUT2D eigenvalue weighted by Gasteiger charge is -2.46. The van der Waals surface area contributed by atoms with Gasteiger partial charge in [0.2, 0.25) is 29.9 Å². The third-order valence-electron chi connectivity index (χ3n) is 17.2. The number of aliphatic imine (C=N–C) groups is 2. The molecule has 3 saturated heterocycles. The molecule has 0 bridgehead atoms. The molecule has 0 radical (unpaired) electrons. The van der Waals surface area contributed by atoms with Crippen molar-refractivity contribution >= 4 is 41.8 Å². The molecule has 0 saturated carbocycles. The van der Waals surface area contributed by atoms with Crippen LogP contribution in [-0.4, -0.2) is 306 Å². The second-order valence-electron chi connectivity index (χ2n) is 23.7. The highest BCUT2D eigenvalue weighted by atomic mass is 16.7. The van der Waals surface area contributed by atoms with Crippen LogP contribution in [0.25, 0.3) is 0 Å². The first-order chi connectivity index (χ1) is 45.8. The number of aldehydes is 1. The van der Waals surface area contributed by atoms with Gasteiger partial charge in [-0.15, -0.1) is 0 Å². The SMILES string of the molecule is COc1ccc(COCC2OC(OC3C(CO)OC(Oc4ccc(CC(NC(=O)C(N)C(C)c5ccccc5)C(=O)NC(C(=O)NC(C(=O)NC(C=O)CO)C(O)C5CN=C(N)N5C5OC(CO)C(O)C(O)C5O)C(O)C5CN=C(N)N5)cc4)C(O)C3O)C(O)C(O)C2O)cc1. The Kier molecular flexibility index (Phi) is 26.1. The normalized spacial score (nSPS) is 31.5. The Labute approximate surface area is 548 Å². The van der Waals surface area contributed by atoms with E-state index in [0.29, 0.717) is 11.3 Å². The third kappa shape index (κ3) is 17.5. The number of ether oxygens (including phenoxy) is 7. The molecule has 25 unspecified atom stereocenters. The smallest absolute Gasteiger partial charge is 0.246 e. The number of nitrogens with two attached hydrogens (primary N) is 3. The lowest BCUT2D eigenvalue weighted by Crippen LogP contribution is -2.70. The number of rotatable bonds is 30. The molecule has 3 aromatic carbocycles. The van der Waals surface area contributed by atoms with Crippen LogP contribution < -0.4 is 53.3 Å². The Morgan fingerprint density at radius 3 is 1.89 bits per heavy atom. The zero-order chi connectivity index (χ0) is 69.8. The van der Waals surface area contributed by atoms with E-state index in [1.807, 2.05) is 0 Å². The standard InChI is InChI=1S/C60H85N11O25/c1-25(28-6-4-3-5-7-28)38(61)53(87)67-32(16-26-8-14-31(15-9-26)92-57-50(85)47(82)51(36(22-75)94-57)96-58-49(84)46(81)44(79)37(95-58)24-91-23-27-10-12-30(90-2)13-11-27)52(86)69-39(41(76)33-17-64-59(62)68-33)55(89)70-40(54(88)66-29(19-72)20-73)42(77)34-18-65-60(63)71(34)56-48(83)45(80)43(78)35(21-74)93-56/h3-15,19,25,29,32-51,56-58,73-85H,16-18,20-24,61H2,1-2H3,(H2,63,65)(H,66,88)(H,67,87)(H,69,86)(H,70,89)(H3,62,64,68). The molecule has 36 heteroatoms. The number of guanidine groups is 2. The van der Waals surface area contributed by atoms with Crippen LogP contribution in [0.3, 0.4) is 0 Å². The Morgan fingerprint density at radius 1 is 0.667 bits per heavy atom. The minimum absolute atomic E-state index is 0.0387. The summed E-state index contributed by atoms with van der Waals surface area (Å²) in [6.45, 7) is -2.11. The second kappa shape index (κ2) is 33.7. The van der Waals surface area contributed by atoms with Gasteiger partial charge in [0, 0.05) is 12.3 Å². The van der Waals surface area contributed by atoms with Gasteiger partial charge in [-0.05, 0) is 41.0 Å². The van der Waals surface area contributed by atoms with Crippen molar-refractivity contribution in [3.63, 3.8) is 0 Å². The molecule has 96 heavy (non-hydrogen) atoms. The number of benzene rings is 3. The van der Waals surface area contributed by atoms with E-state index < -0.39 is 215 Å². The van der Waals surface area contributed by atoms with Crippen molar-refractivity contribution < 1.29 is 124 Å². The molecule has 0 spiro atoms. The quantitative estimate of drug-likeness (QED) is 0.0276. The number of amides is 4. The number of hydrogen-bond acceptors (Lipinski definition) is 32. The van der Waals surface area contributed by atoms with E-state index in [1.54, 1.807) is 61.5 Å². The summed E-state index contributed by atoms with van der Waals surface area (Å²) in [5.74, 6) is -5.56. The largest absolute Gasteiger partial charge is 0.497 e. The van der Waals surface area contributed by atoms with E-state index >= 15 is 0 Å². The third-order valence-corrected chi connectivity index (χ3v) is 17.2. The molecule has 5 aliphatic heterocycles. The van der Waals surface area contributed by atoms with Gasteiger partial charge >= 0.3 is 0 Å². The summed E-state index contributed by atoms with van der Waals surface area (Å²) in [4.78, 5) is 79.2. The van der Waals surface area contributed by atoms with Crippen molar-refractivity contribution in [3.05, 3.63) is 95.6 Å². The van der Waals surface area contributed by atoms with Gasteiger partial charge < -0.3 is 153 Å². The number of nitrogens with zero attached hydrogens (tertiary/aromatic N) is 3. The fraction of sp³-hybridized carbons (Fsp3) is 0.583. The van der Waals surface area contributed by atoms with Gasteiger partial charge in [-0.3, -0.25) is 29.2 Å². The molecule has 530 valence electrons. The van der Waals surface area contributed by atoms with Crippen molar-refractivity contribution in [2.75, 3.05) is 46.6 Å². The van der Waals surface area contributed by atoms with Gasteiger partial charge in [0.1, 0.15) is 127 Å². The van der Waals surface area contributed by atoms with Crippen LogP contribution >= 0.6 is 0 Å². The number of nitrogens with one attached hydrogen (secondary N) is 5. The predicted octanol–water partition coefficient (Wildman–Crippen LogP) is -10.5. The van der Waals surface area contributed by atoms with Crippen LogP contribution in [0.2, 0.25) is 0 Å². The molecular weight excluding hydrogens is 1270 g/mol. The maximum Gasteiger partial charge on any atom is 0.246 e. The second-order valence-corrected chi connectivity index (χ2v) is 23.7. The number of hydrogen-bond donors (Lipinski definition) is 21. The van der Waals surface area contributed by atoms with Crippen LogP contribution in [0.4, 0.5) is 0 Å². The monoisotopic (exact) mass is 1360 g/mol. The van der Waals surface area contributed by atoms with Gasteiger partial charge in [-0.1, -0.05) is 61.5 Å². The summed E-state index contributed by atoms with van der Waals surface area (Å²) in [6.07, 6.45) is -30.8. The van der Waals surface area contributed by atoms with E-state index in [0.717, 1.165) is 10.5 Å². The van der Waals surface area contributed by atoms with Gasteiger partial charge in [-0.2, -0.15) is 0 Å². The van der Waals surface area contributed by atoms with Gasteiger partial charge in [-0.25, -0.2) is 0 Å². The fourth-order valence-corrected chi connectivity index (χ4v) is 11.5. The van der Waals surface area contributed by atoms with Crippen LogP contribution in [0, 0.1) is 0 Å². The van der Waals surface area contributed by atoms with E-state index in [4.69, 9.17) is 50.4 Å². The molecule has 5 aliphatic rings.